The summed E-state index contributed by atoms with van der Waals surface area (Å²) in [4.78, 5) is 29.2. The van der Waals surface area contributed by atoms with Gasteiger partial charge in [-0.1, -0.05) is 0 Å². The van der Waals surface area contributed by atoms with E-state index in [2.05, 4.69) is 10.6 Å². The van der Waals surface area contributed by atoms with Crippen LogP contribution in [0.2, 0.25) is 0 Å². The molecule has 3 aromatic heterocycles. The third kappa shape index (κ3) is 6.13. The third-order valence-corrected chi connectivity index (χ3v) is 6.74. The lowest BCUT2D eigenvalue weighted by molar-refractivity contribution is -0.117. The molecule has 33 heavy (non-hydrogen) atoms. The fraction of sp³-hybridized carbons (Fsp3) is 0.417. The van der Waals surface area contributed by atoms with Crippen LogP contribution in [0.5, 0.6) is 0 Å². The van der Waals surface area contributed by atoms with Crippen molar-refractivity contribution in [2.24, 2.45) is 0 Å². The molecule has 0 atom stereocenters. The molecule has 0 spiro atoms. The molecule has 0 fully saturated rings. The number of thiophene rings is 1. The number of nitrogens with one attached hydrogen (secondary N) is 2. The molecule has 8 nitrogen and oxygen atoms in total. The minimum absolute atomic E-state index is 0.134. The van der Waals surface area contributed by atoms with E-state index in [4.69, 9.17) is 13.6 Å². The first-order chi connectivity index (χ1) is 16.1. The molecular formula is C24H29N3O5S. The summed E-state index contributed by atoms with van der Waals surface area (Å²) in [5.74, 6) is 1.18. The predicted molar refractivity (Wildman–Crippen MR) is 125 cm³/mol. The summed E-state index contributed by atoms with van der Waals surface area (Å²) in [5.41, 5.74) is 1.67. The Labute approximate surface area is 196 Å². The second-order valence-corrected chi connectivity index (χ2v) is 9.12. The van der Waals surface area contributed by atoms with Crippen molar-refractivity contribution in [3.05, 3.63) is 64.3 Å². The van der Waals surface area contributed by atoms with Crippen molar-refractivity contribution in [2.45, 2.75) is 38.8 Å². The van der Waals surface area contributed by atoms with Crippen LogP contribution in [-0.4, -0.2) is 43.5 Å². The first kappa shape index (κ1) is 23.3. The number of methoxy groups -OCH3 is 1. The van der Waals surface area contributed by atoms with Crippen molar-refractivity contribution in [1.82, 2.24) is 10.2 Å². The highest BCUT2D eigenvalue weighted by atomic mass is 32.1. The molecule has 176 valence electrons. The summed E-state index contributed by atoms with van der Waals surface area (Å²) < 4.78 is 16.0. The number of furan rings is 2. The van der Waals surface area contributed by atoms with Crippen molar-refractivity contribution >= 4 is 28.2 Å². The van der Waals surface area contributed by atoms with Crippen LogP contribution in [0.15, 0.2) is 45.6 Å². The van der Waals surface area contributed by atoms with Gasteiger partial charge < -0.3 is 24.2 Å². The fourth-order valence-corrected chi connectivity index (χ4v) is 5.33. The molecule has 0 saturated carbocycles. The minimum atomic E-state index is -0.183. The van der Waals surface area contributed by atoms with Gasteiger partial charge in [0.25, 0.3) is 5.91 Å². The Morgan fingerprint density at radius 1 is 1.09 bits per heavy atom. The van der Waals surface area contributed by atoms with Gasteiger partial charge in [0.1, 0.15) is 16.5 Å². The number of carbonyl (C=O) groups excluding carboxylic acids is 2. The van der Waals surface area contributed by atoms with Gasteiger partial charge >= 0.3 is 0 Å². The van der Waals surface area contributed by atoms with Crippen LogP contribution < -0.4 is 10.6 Å². The van der Waals surface area contributed by atoms with Gasteiger partial charge in [-0.15, -0.1) is 11.3 Å². The summed E-state index contributed by atoms with van der Waals surface area (Å²) in [7, 11) is 1.60. The van der Waals surface area contributed by atoms with Crippen LogP contribution >= 0.6 is 11.3 Å². The number of rotatable bonds is 11. The number of amides is 2. The Hall–Kier alpha value is -2.88. The van der Waals surface area contributed by atoms with Crippen LogP contribution in [0, 0.1) is 0 Å². The van der Waals surface area contributed by atoms with E-state index in [0.29, 0.717) is 36.8 Å². The van der Waals surface area contributed by atoms with Crippen LogP contribution in [-0.2, 0) is 35.5 Å². The first-order valence-corrected chi connectivity index (χ1v) is 11.9. The number of nitrogens with zero attached hydrogens (tertiary/aromatic N) is 1. The van der Waals surface area contributed by atoms with E-state index in [1.807, 2.05) is 29.2 Å². The monoisotopic (exact) mass is 471 g/mol. The van der Waals surface area contributed by atoms with E-state index < -0.39 is 0 Å². The van der Waals surface area contributed by atoms with Gasteiger partial charge in [-0.05, 0) is 55.5 Å². The zero-order valence-corrected chi connectivity index (χ0v) is 19.5. The molecule has 4 rings (SSSR count). The summed E-state index contributed by atoms with van der Waals surface area (Å²) >= 11 is 1.52. The molecule has 2 amide bonds. The highest BCUT2D eigenvalue weighted by molar-refractivity contribution is 7.17. The van der Waals surface area contributed by atoms with Crippen molar-refractivity contribution in [3.63, 3.8) is 0 Å². The molecule has 0 bridgehead atoms. The number of anilines is 1. The van der Waals surface area contributed by atoms with E-state index >= 15 is 0 Å². The summed E-state index contributed by atoms with van der Waals surface area (Å²) in [6.45, 7) is 1.93. The van der Waals surface area contributed by atoms with Crippen LogP contribution in [0.1, 0.15) is 45.2 Å². The van der Waals surface area contributed by atoms with Gasteiger partial charge in [-0.25, -0.2) is 0 Å². The van der Waals surface area contributed by atoms with Gasteiger partial charge in [0.05, 0.1) is 44.3 Å². The molecule has 0 unspecified atom stereocenters. The Balaban J connectivity index is 1.48. The van der Waals surface area contributed by atoms with Gasteiger partial charge in [0.2, 0.25) is 5.91 Å². The van der Waals surface area contributed by atoms with Crippen LogP contribution in [0.3, 0.4) is 0 Å². The SMILES string of the molecule is COCCNC(=O)c1c(NC(=O)CN(Cc2ccco2)Cc2ccco2)sc2c1CCCC2. The smallest absolute Gasteiger partial charge is 0.254 e. The molecule has 1 aliphatic carbocycles. The molecule has 0 aromatic carbocycles. The zero-order valence-electron chi connectivity index (χ0n) is 18.7. The quantitative estimate of drug-likeness (QED) is 0.413. The van der Waals surface area contributed by atoms with Crippen molar-refractivity contribution in [3.8, 4) is 0 Å². The molecule has 0 aliphatic heterocycles. The highest BCUT2D eigenvalue weighted by Crippen LogP contribution is 2.38. The number of carbonyl (C=O) groups is 2. The standard InChI is InChI=1S/C24H29N3O5S/c1-30-13-10-25-23(29)22-19-8-2-3-9-20(19)33-24(22)26-21(28)16-27(14-17-6-4-11-31-17)15-18-7-5-12-32-18/h4-7,11-12H,2-3,8-10,13-16H2,1H3,(H,25,29)(H,26,28). The normalized spacial score (nSPS) is 13.2. The summed E-state index contributed by atoms with van der Waals surface area (Å²) in [5, 5.41) is 6.54. The molecule has 0 radical (unpaired) electrons. The number of ether oxygens (including phenoxy) is 1. The molecule has 2 N–H and O–H groups in total. The van der Waals surface area contributed by atoms with Crippen LogP contribution in [0.4, 0.5) is 5.00 Å². The molecule has 1 aliphatic rings. The molecule has 9 heteroatoms. The largest absolute Gasteiger partial charge is 0.468 e. The molecular weight excluding hydrogens is 442 g/mol. The van der Waals surface area contributed by atoms with Crippen molar-refractivity contribution in [1.29, 1.82) is 0 Å². The van der Waals surface area contributed by atoms with Crippen molar-refractivity contribution < 1.29 is 23.2 Å². The lowest BCUT2D eigenvalue weighted by Crippen LogP contribution is -2.33. The van der Waals surface area contributed by atoms with Gasteiger partial charge in [0.15, 0.2) is 0 Å². The van der Waals surface area contributed by atoms with Gasteiger partial charge in [0, 0.05) is 18.5 Å². The Kier molecular flexibility index (Phi) is 7.98. The average Bonchev–Trinajstić information content (AvgIpc) is 3.55. The zero-order chi connectivity index (χ0) is 23.0. The fourth-order valence-electron chi connectivity index (χ4n) is 4.03. The maximum Gasteiger partial charge on any atom is 0.254 e. The number of fused-ring (bicyclic) bond motifs is 1. The Bertz CT molecular complexity index is 1010. The maximum absolute atomic E-state index is 13.1. The number of aryl methyl sites for hydroxylation is 1. The Morgan fingerprint density at radius 2 is 1.79 bits per heavy atom. The molecule has 3 heterocycles. The lowest BCUT2D eigenvalue weighted by atomic mass is 9.95. The summed E-state index contributed by atoms with van der Waals surface area (Å²) in [6, 6.07) is 7.40. The number of hydrogen-bond acceptors (Lipinski definition) is 7. The summed E-state index contributed by atoms with van der Waals surface area (Å²) in [6.07, 6.45) is 7.19. The van der Waals surface area contributed by atoms with Crippen molar-refractivity contribution in [2.75, 3.05) is 32.1 Å². The average molecular weight is 472 g/mol. The molecule has 3 aromatic rings. The van der Waals surface area contributed by atoms with E-state index in [9.17, 15) is 9.59 Å². The topological polar surface area (TPSA) is 97.0 Å². The van der Waals surface area contributed by atoms with Gasteiger partial charge in [-0.2, -0.15) is 0 Å². The maximum atomic E-state index is 13.1. The lowest BCUT2D eigenvalue weighted by Gasteiger charge is -2.19. The molecule has 0 saturated heterocycles. The van der Waals surface area contributed by atoms with E-state index in [1.54, 1.807) is 19.6 Å². The van der Waals surface area contributed by atoms with Gasteiger partial charge in [-0.3, -0.25) is 14.5 Å². The van der Waals surface area contributed by atoms with E-state index in [-0.39, 0.29) is 18.4 Å². The second kappa shape index (κ2) is 11.3. The highest BCUT2D eigenvalue weighted by Gasteiger charge is 2.26. The second-order valence-electron chi connectivity index (χ2n) is 8.02. The minimum Gasteiger partial charge on any atom is -0.468 e. The van der Waals surface area contributed by atoms with Crippen LogP contribution in [0.25, 0.3) is 0 Å². The third-order valence-electron chi connectivity index (χ3n) is 5.53. The van der Waals surface area contributed by atoms with E-state index in [0.717, 1.165) is 42.8 Å². The number of hydrogen-bond donors (Lipinski definition) is 2. The first-order valence-electron chi connectivity index (χ1n) is 11.1. The van der Waals surface area contributed by atoms with E-state index in [1.165, 1.54) is 16.2 Å². The Morgan fingerprint density at radius 3 is 2.42 bits per heavy atom. The predicted octanol–water partition coefficient (Wildman–Crippen LogP) is 3.83.